The fourth-order valence-electron chi connectivity index (χ4n) is 1.81. The Labute approximate surface area is 103 Å². The lowest BCUT2D eigenvalue weighted by atomic mass is 9.89. The zero-order valence-electron chi connectivity index (χ0n) is 9.91. The van der Waals surface area contributed by atoms with E-state index >= 15 is 0 Å². The number of halogens is 1. The van der Waals surface area contributed by atoms with Gasteiger partial charge < -0.3 is 0 Å². The Morgan fingerprint density at radius 1 is 1.31 bits per heavy atom. The van der Waals surface area contributed by atoms with E-state index in [9.17, 15) is 0 Å². The average molecular weight is 236 g/mol. The number of nitriles is 1. The SMILES string of the molecule is CCC(C#N)CC(C)c1ccc(CCl)cc1. The van der Waals surface area contributed by atoms with Crippen molar-refractivity contribution < 1.29 is 0 Å². The summed E-state index contributed by atoms with van der Waals surface area (Å²) in [6, 6.07) is 10.7. The number of benzene rings is 1. The molecule has 0 aliphatic rings. The molecular formula is C14H18ClN. The number of hydrogen-bond donors (Lipinski definition) is 0. The number of nitrogens with zero attached hydrogens (tertiary/aromatic N) is 1. The summed E-state index contributed by atoms with van der Waals surface area (Å²) in [5.41, 5.74) is 2.44. The molecule has 0 amide bonds. The van der Waals surface area contributed by atoms with Crippen LogP contribution in [0.1, 0.15) is 43.7 Å². The van der Waals surface area contributed by atoms with Crippen LogP contribution >= 0.6 is 11.6 Å². The monoisotopic (exact) mass is 235 g/mol. The van der Waals surface area contributed by atoms with Crippen molar-refractivity contribution in [2.75, 3.05) is 0 Å². The second kappa shape index (κ2) is 6.55. The molecule has 0 heterocycles. The topological polar surface area (TPSA) is 23.8 Å². The predicted octanol–water partition coefficient (Wildman–Crippen LogP) is 4.47. The van der Waals surface area contributed by atoms with Crippen molar-refractivity contribution in [3.8, 4) is 6.07 Å². The molecule has 0 N–H and O–H groups in total. The molecule has 1 rings (SSSR count). The third-order valence-electron chi connectivity index (χ3n) is 3.02. The lowest BCUT2D eigenvalue weighted by molar-refractivity contribution is 0.526. The zero-order valence-corrected chi connectivity index (χ0v) is 10.7. The minimum absolute atomic E-state index is 0.169. The molecule has 0 fully saturated rings. The van der Waals surface area contributed by atoms with Gasteiger partial charge in [0.2, 0.25) is 0 Å². The molecule has 86 valence electrons. The molecule has 0 saturated heterocycles. The van der Waals surface area contributed by atoms with E-state index in [1.54, 1.807) is 0 Å². The molecule has 2 atom stereocenters. The molecule has 0 aliphatic carbocycles. The Kier molecular flexibility index (Phi) is 5.35. The average Bonchev–Trinajstić information content (AvgIpc) is 2.35. The van der Waals surface area contributed by atoms with Crippen LogP contribution in [0.4, 0.5) is 0 Å². The van der Waals surface area contributed by atoms with E-state index in [4.69, 9.17) is 16.9 Å². The van der Waals surface area contributed by atoms with Crippen molar-refractivity contribution in [1.29, 1.82) is 5.26 Å². The summed E-state index contributed by atoms with van der Waals surface area (Å²) in [4.78, 5) is 0. The van der Waals surface area contributed by atoms with Crippen LogP contribution in [0.5, 0.6) is 0 Å². The second-order valence-electron chi connectivity index (χ2n) is 4.25. The molecule has 16 heavy (non-hydrogen) atoms. The fraction of sp³-hybridized carbons (Fsp3) is 0.500. The van der Waals surface area contributed by atoms with Crippen molar-refractivity contribution in [2.24, 2.45) is 5.92 Å². The Hall–Kier alpha value is -1.00. The van der Waals surface area contributed by atoms with Gasteiger partial charge in [-0.1, -0.05) is 38.1 Å². The van der Waals surface area contributed by atoms with Gasteiger partial charge in [-0.25, -0.2) is 0 Å². The first kappa shape index (κ1) is 13.1. The highest BCUT2D eigenvalue weighted by Gasteiger charge is 2.12. The standard InChI is InChI=1S/C14H18ClN/c1-3-12(10-16)8-11(2)14-6-4-13(9-15)5-7-14/h4-7,11-12H,3,8-9H2,1-2H3. The maximum absolute atomic E-state index is 8.94. The molecule has 0 bridgehead atoms. The molecule has 1 aromatic carbocycles. The Morgan fingerprint density at radius 2 is 1.94 bits per heavy atom. The van der Waals surface area contributed by atoms with Gasteiger partial charge in [-0.3, -0.25) is 0 Å². The number of alkyl halides is 1. The second-order valence-corrected chi connectivity index (χ2v) is 4.51. The molecule has 2 unspecified atom stereocenters. The highest BCUT2D eigenvalue weighted by molar-refractivity contribution is 6.17. The smallest absolute Gasteiger partial charge is 0.0655 e. The lowest BCUT2D eigenvalue weighted by Crippen LogP contribution is -2.02. The summed E-state index contributed by atoms with van der Waals surface area (Å²) in [5.74, 6) is 1.17. The number of rotatable bonds is 5. The number of hydrogen-bond acceptors (Lipinski definition) is 1. The highest BCUT2D eigenvalue weighted by atomic mass is 35.5. The molecule has 0 radical (unpaired) electrons. The van der Waals surface area contributed by atoms with Gasteiger partial charge >= 0.3 is 0 Å². The van der Waals surface area contributed by atoms with Gasteiger partial charge in [0.05, 0.1) is 6.07 Å². The van der Waals surface area contributed by atoms with Crippen molar-refractivity contribution in [2.45, 2.75) is 38.5 Å². The van der Waals surface area contributed by atoms with Crippen LogP contribution in [0.3, 0.4) is 0 Å². The predicted molar refractivity (Wildman–Crippen MR) is 68.4 cm³/mol. The molecule has 0 spiro atoms. The highest BCUT2D eigenvalue weighted by Crippen LogP contribution is 2.25. The maximum atomic E-state index is 8.94. The van der Waals surface area contributed by atoms with Gasteiger partial charge in [-0.15, -0.1) is 11.6 Å². The summed E-state index contributed by atoms with van der Waals surface area (Å²) >= 11 is 5.74. The van der Waals surface area contributed by atoms with Gasteiger partial charge in [-0.05, 0) is 29.9 Å². The molecule has 0 aliphatic heterocycles. The van der Waals surface area contributed by atoms with Crippen LogP contribution in [-0.4, -0.2) is 0 Å². The zero-order chi connectivity index (χ0) is 12.0. The van der Waals surface area contributed by atoms with E-state index in [2.05, 4.69) is 44.2 Å². The van der Waals surface area contributed by atoms with Crippen molar-refractivity contribution >= 4 is 11.6 Å². The first-order valence-corrected chi connectivity index (χ1v) is 6.29. The molecule has 1 nitrogen and oxygen atoms in total. The molecule has 2 heteroatoms. The van der Waals surface area contributed by atoms with Crippen molar-refractivity contribution in [3.05, 3.63) is 35.4 Å². The summed E-state index contributed by atoms with van der Waals surface area (Å²) in [5, 5.41) is 8.94. The lowest BCUT2D eigenvalue weighted by Gasteiger charge is -2.14. The van der Waals surface area contributed by atoms with Crippen LogP contribution < -0.4 is 0 Å². The van der Waals surface area contributed by atoms with E-state index in [0.717, 1.165) is 18.4 Å². The Balaban J connectivity index is 2.65. The van der Waals surface area contributed by atoms with Crippen LogP contribution in [0, 0.1) is 17.2 Å². The van der Waals surface area contributed by atoms with E-state index in [-0.39, 0.29) is 5.92 Å². The van der Waals surface area contributed by atoms with E-state index < -0.39 is 0 Å². The molecule has 0 aromatic heterocycles. The van der Waals surface area contributed by atoms with Gasteiger partial charge in [0.25, 0.3) is 0 Å². The van der Waals surface area contributed by atoms with Gasteiger partial charge in [0, 0.05) is 11.8 Å². The normalized spacial score (nSPS) is 14.1. The summed E-state index contributed by atoms with van der Waals surface area (Å²) < 4.78 is 0. The summed E-state index contributed by atoms with van der Waals surface area (Å²) in [6.07, 6.45) is 1.87. The maximum Gasteiger partial charge on any atom is 0.0655 e. The molecular weight excluding hydrogens is 218 g/mol. The minimum atomic E-state index is 0.169. The van der Waals surface area contributed by atoms with Crippen LogP contribution in [0.25, 0.3) is 0 Å². The van der Waals surface area contributed by atoms with Gasteiger partial charge in [-0.2, -0.15) is 5.26 Å². The van der Waals surface area contributed by atoms with Crippen LogP contribution in [0.2, 0.25) is 0 Å². The van der Waals surface area contributed by atoms with Gasteiger partial charge in [0.1, 0.15) is 0 Å². The Morgan fingerprint density at radius 3 is 2.38 bits per heavy atom. The molecule has 1 aromatic rings. The van der Waals surface area contributed by atoms with E-state index in [1.807, 2.05) is 0 Å². The van der Waals surface area contributed by atoms with E-state index in [1.165, 1.54) is 5.56 Å². The first-order valence-electron chi connectivity index (χ1n) is 5.75. The van der Waals surface area contributed by atoms with Crippen LogP contribution in [-0.2, 0) is 5.88 Å². The minimum Gasteiger partial charge on any atom is -0.198 e. The van der Waals surface area contributed by atoms with Crippen molar-refractivity contribution in [3.63, 3.8) is 0 Å². The Bertz CT molecular complexity index is 350. The quantitative estimate of drug-likeness (QED) is 0.691. The molecule has 0 saturated carbocycles. The summed E-state index contributed by atoms with van der Waals surface area (Å²) in [7, 11) is 0. The van der Waals surface area contributed by atoms with Crippen LogP contribution in [0.15, 0.2) is 24.3 Å². The third-order valence-corrected chi connectivity index (χ3v) is 3.33. The largest absolute Gasteiger partial charge is 0.198 e. The van der Waals surface area contributed by atoms with Crippen molar-refractivity contribution in [1.82, 2.24) is 0 Å². The van der Waals surface area contributed by atoms with E-state index in [0.29, 0.717) is 11.8 Å². The van der Waals surface area contributed by atoms with Gasteiger partial charge in [0.15, 0.2) is 0 Å². The fourth-order valence-corrected chi connectivity index (χ4v) is 1.99. The first-order chi connectivity index (χ1) is 7.71. The summed E-state index contributed by atoms with van der Waals surface area (Å²) in [6.45, 7) is 4.24. The third kappa shape index (κ3) is 3.54.